The van der Waals surface area contributed by atoms with Gasteiger partial charge in [0.25, 0.3) is 11.8 Å². The first-order chi connectivity index (χ1) is 15.9. The van der Waals surface area contributed by atoms with Crippen molar-refractivity contribution in [3.8, 4) is 0 Å². The van der Waals surface area contributed by atoms with Crippen molar-refractivity contribution < 1.29 is 14.4 Å². The lowest BCUT2D eigenvalue weighted by Gasteiger charge is -2.41. The van der Waals surface area contributed by atoms with Crippen molar-refractivity contribution >= 4 is 28.6 Å². The predicted octanol–water partition coefficient (Wildman–Crippen LogP) is 1.93. The summed E-state index contributed by atoms with van der Waals surface area (Å²) in [6.45, 7) is 4.14. The van der Waals surface area contributed by atoms with Crippen LogP contribution in [0.2, 0.25) is 0 Å². The molecule has 2 aliphatic heterocycles. The molecule has 170 valence electrons. The Bertz CT molecular complexity index is 1250. The van der Waals surface area contributed by atoms with Crippen molar-refractivity contribution in [1.29, 1.82) is 0 Å². The van der Waals surface area contributed by atoms with Crippen LogP contribution in [-0.4, -0.2) is 79.3 Å². The number of aromatic nitrogens is 3. The van der Waals surface area contributed by atoms with E-state index in [0.717, 1.165) is 35.0 Å². The third-order valence-corrected chi connectivity index (χ3v) is 7.35. The van der Waals surface area contributed by atoms with Gasteiger partial charge in [0, 0.05) is 61.7 Å². The van der Waals surface area contributed by atoms with Crippen LogP contribution in [0.15, 0.2) is 30.3 Å². The Balaban J connectivity index is 1.24. The van der Waals surface area contributed by atoms with E-state index in [1.807, 2.05) is 40.1 Å². The number of nitrogens with one attached hydrogen (secondary N) is 2. The molecule has 0 radical (unpaired) electrons. The van der Waals surface area contributed by atoms with Gasteiger partial charge in [-0.25, -0.2) is 0 Å². The second kappa shape index (κ2) is 7.19. The molecule has 4 heterocycles. The molecule has 33 heavy (non-hydrogen) atoms. The van der Waals surface area contributed by atoms with Gasteiger partial charge >= 0.3 is 0 Å². The van der Waals surface area contributed by atoms with Crippen LogP contribution >= 0.6 is 0 Å². The quantitative estimate of drug-likeness (QED) is 0.627. The van der Waals surface area contributed by atoms with Gasteiger partial charge < -0.3 is 19.7 Å². The molecule has 1 spiro atoms. The summed E-state index contributed by atoms with van der Waals surface area (Å²) in [6, 6.07) is 9.69. The number of para-hydroxylation sites is 1. The van der Waals surface area contributed by atoms with Crippen molar-refractivity contribution in [3.63, 3.8) is 0 Å². The zero-order valence-electron chi connectivity index (χ0n) is 18.6. The number of carbonyl (C=O) groups excluding carboxylic acids is 3. The first-order valence-corrected chi connectivity index (χ1v) is 11.5. The van der Waals surface area contributed by atoms with Crippen LogP contribution in [0.4, 0.5) is 0 Å². The summed E-state index contributed by atoms with van der Waals surface area (Å²) >= 11 is 0. The highest BCUT2D eigenvalue weighted by Gasteiger charge is 2.54. The Morgan fingerprint density at radius 3 is 2.61 bits per heavy atom. The molecule has 2 N–H and O–H groups in total. The molecule has 2 aromatic heterocycles. The van der Waals surface area contributed by atoms with Crippen molar-refractivity contribution in [1.82, 2.24) is 29.9 Å². The van der Waals surface area contributed by atoms with Gasteiger partial charge in [-0.05, 0) is 25.0 Å². The number of hydrogen-bond donors (Lipinski definition) is 2. The first-order valence-electron chi connectivity index (χ1n) is 11.5. The van der Waals surface area contributed by atoms with Crippen LogP contribution in [-0.2, 0) is 17.8 Å². The Morgan fingerprint density at radius 1 is 1.03 bits per heavy atom. The number of nitrogens with zero attached hydrogens (tertiary/aromatic N) is 4. The number of hydrogen-bond acceptors (Lipinski definition) is 4. The minimum atomic E-state index is -0.263. The maximum absolute atomic E-state index is 13.6. The van der Waals surface area contributed by atoms with Gasteiger partial charge in [0.15, 0.2) is 5.69 Å². The zero-order chi connectivity index (χ0) is 22.7. The third kappa shape index (κ3) is 3.21. The van der Waals surface area contributed by atoms with E-state index in [4.69, 9.17) is 0 Å². The minimum absolute atomic E-state index is 0.0525. The minimum Gasteiger partial charge on any atom is -0.351 e. The zero-order valence-corrected chi connectivity index (χ0v) is 18.6. The molecule has 3 aromatic rings. The summed E-state index contributed by atoms with van der Waals surface area (Å²) in [5.74, 6) is -0.130. The van der Waals surface area contributed by atoms with Crippen LogP contribution in [0, 0.1) is 0 Å². The summed E-state index contributed by atoms with van der Waals surface area (Å²) in [7, 11) is 0. The van der Waals surface area contributed by atoms with E-state index in [1.54, 1.807) is 11.8 Å². The fourth-order valence-corrected chi connectivity index (χ4v) is 5.27. The summed E-state index contributed by atoms with van der Waals surface area (Å²) in [5, 5.41) is 8.41. The van der Waals surface area contributed by atoms with Gasteiger partial charge in [0.2, 0.25) is 5.91 Å². The van der Waals surface area contributed by atoms with Gasteiger partial charge in [-0.3, -0.25) is 19.5 Å². The van der Waals surface area contributed by atoms with E-state index >= 15 is 0 Å². The van der Waals surface area contributed by atoms with Crippen LogP contribution in [0.3, 0.4) is 0 Å². The Labute approximate surface area is 190 Å². The third-order valence-electron chi connectivity index (χ3n) is 7.35. The molecule has 1 saturated carbocycles. The molecule has 1 saturated heterocycles. The molecule has 0 atom stereocenters. The lowest BCUT2D eigenvalue weighted by Crippen LogP contribution is -2.58. The topological polar surface area (TPSA) is 105 Å². The van der Waals surface area contributed by atoms with Crippen LogP contribution in [0.25, 0.3) is 10.9 Å². The standard InChI is InChI=1S/C24H26N6O3/c1-15(31)29-10-11-30(24(14-29)7-8-24)23(33)21-17-13-28(9-6-19(17)26-27-21)22(32)20-12-16-4-2-3-5-18(16)25-20/h2-5,12,25H,6-11,13-14H2,1H3,(H,26,27). The molecule has 3 aliphatic rings. The average Bonchev–Trinajstić information content (AvgIpc) is 3.26. The van der Waals surface area contributed by atoms with E-state index < -0.39 is 0 Å². The van der Waals surface area contributed by atoms with E-state index in [9.17, 15) is 14.4 Å². The van der Waals surface area contributed by atoms with Gasteiger partial charge in [0.1, 0.15) is 5.69 Å². The number of carbonyl (C=O) groups is 3. The van der Waals surface area contributed by atoms with Crippen LogP contribution in [0.1, 0.15) is 52.0 Å². The van der Waals surface area contributed by atoms with E-state index in [-0.39, 0.29) is 23.3 Å². The predicted molar refractivity (Wildman–Crippen MR) is 121 cm³/mol. The first kappa shape index (κ1) is 20.0. The molecule has 1 aliphatic carbocycles. The summed E-state index contributed by atoms with van der Waals surface area (Å²) in [4.78, 5) is 47.4. The van der Waals surface area contributed by atoms with Crippen LogP contribution < -0.4 is 0 Å². The second-order valence-electron chi connectivity index (χ2n) is 9.40. The second-order valence-corrected chi connectivity index (χ2v) is 9.40. The SMILES string of the molecule is CC(=O)N1CCN(C(=O)c2n[nH]c3c2CN(C(=O)c2cc4ccccc4[nH]2)CC3)C2(CC2)C1. The molecule has 2 fully saturated rings. The lowest BCUT2D eigenvalue weighted by atomic mass is 10.0. The Morgan fingerprint density at radius 2 is 1.85 bits per heavy atom. The smallest absolute Gasteiger partial charge is 0.275 e. The van der Waals surface area contributed by atoms with Crippen molar-refractivity contribution in [2.24, 2.45) is 0 Å². The fourth-order valence-electron chi connectivity index (χ4n) is 5.27. The number of H-pyrrole nitrogens is 2. The highest BCUT2D eigenvalue weighted by Crippen LogP contribution is 2.45. The highest BCUT2D eigenvalue weighted by atomic mass is 16.2. The normalized spacial score (nSPS) is 19.1. The molecular weight excluding hydrogens is 420 g/mol. The fraction of sp³-hybridized carbons (Fsp3) is 0.417. The molecule has 9 heteroatoms. The summed E-state index contributed by atoms with van der Waals surface area (Å²) in [5.41, 5.74) is 3.35. The molecular formula is C24H26N6O3. The largest absolute Gasteiger partial charge is 0.351 e. The number of benzene rings is 1. The van der Waals surface area contributed by atoms with Crippen molar-refractivity contribution in [3.05, 3.63) is 53.0 Å². The number of rotatable bonds is 2. The van der Waals surface area contributed by atoms with Gasteiger partial charge in [-0.1, -0.05) is 18.2 Å². The maximum Gasteiger partial charge on any atom is 0.275 e. The number of amides is 3. The van der Waals surface area contributed by atoms with E-state index in [2.05, 4.69) is 15.2 Å². The average molecular weight is 447 g/mol. The molecule has 1 aromatic carbocycles. The van der Waals surface area contributed by atoms with Crippen molar-refractivity contribution in [2.45, 2.75) is 38.3 Å². The number of aromatic amines is 2. The van der Waals surface area contributed by atoms with Gasteiger partial charge in [-0.2, -0.15) is 5.10 Å². The Hall–Kier alpha value is -3.62. The van der Waals surface area contributed by atoms with Gasteiger partial charge in [-0.15, -0.1) is 0 Å². The monoisotopic (exact) mass is 446 g/mol. The summed E-state index contributed by atoms with van der Waals surface area (Å²) in [6.07, 6.45) is 2.44. The molecule has 0 unspecified atom stereocenters. The van der Waals surface area contributed by atoms with Crippen LogP contribution in [0.5, 0.6) is 0 Å². The molecule has 6 rings (SSSR count). The van der Waals surface area contributed by atoms with Gasteiger partial charge in [0.05, 0.1) is 12.1 Å². The van der Waals surface area contributed by atoms with E-state index in [0.29, 0.717) is 50.5 Å². The Kier molecular flexibility index (Phi) is 4.36. The summed E-state index contributed by atoms with van der Waals surface area (Å²) < 4.78 is 0. The number of piperazine rings is 1. The highest BCUT2D eigenvalue weighted by molar-refractivity contribution is 5.99. The molecule has 3 amide bonds. The lowest BCUT2D eigenvalue weighted by molar-refractivity contribution is -0.131. The van der Waals surface area contributed by atoms with E-state index in [1.165, 1.54) is 0 Å². The number of fused-ring (bicyclic) bond motifs is 2. The maximum atomic E-state index is 13.6. The molecule has 0 bridgehead atoms. The molecule has 9 nitrogen and oxygen atoms in total. The van der Waals surface area contributed by atoms with Crippen molar-refractivity contribution in [2.75, 3.05) is 26.2 Å².